The van der Waals surface area contributed by atoms with E-state index in [0.717, 1.165) is 18.3 Å². The third kappa shape index (κ3) is 8.83. The second-order valence-corrected chi connectivity index (χ2v) is 4.71. The summed E-state index contributed by atoms with van der Waals surface area (Å²) in [5, 5.41) is 7.01. The van der Waals surface area contributed by atoms with Crippen molar-refractivity contribution in [2.75, 3.05) is 19.6 Å². The molecule has 118 valence electrons. The fraction of sp³-hybridized carbons (Fsp3) is 0.400. The monoisotopic (exact) mass is 423 g/mol. The molecule has 0 radical (unpaired) electrons. The first-order valence-corrected chi connectivity index (χ1v) is 7.08. The lowest BCUT2D eigenvalue weighted by atomic mass is 10.3. The van der Waals surface area contributed by atoms with Crippen LogP contribution in [0.2, 0.25) is 5.02 Å². The van der Waals surface area contributed by atoms with Gasteiger partial charge in [0.1, 0.15) is 11.9 Å². The molecule has 0 saturated carbocycles. The van der Waals surface area contributed by atoms with Crippen LogP contribution in [-0.2, 0) is 0 Å². The molecule has 0 aliphatic heterocycles. The van der Waals surface area contributed by atoms with Gasteiger partial charge in [-0.05, 0) is 38.1 Å². The van der Waals surface area contributed by atoms with E-state index in [1.165, 1.54) is 0 Å². The Bertz CT molecular complexity index is 437. The van der Waals surface area contributed by atoms with Crippen molar-refractivity contribution in [3.8, 4) is 5.75 Å². The van der Waals surface area contributed by atoms with Gasteiger partial charge in [0.25, 0.3) is 0 Å². The number of benzene rings is 1. The molecule has 0 bridgehead atoms. The van der Waals surface area contributed by atoms with E-state index < -0.39 is 0 Å². The minimum absolute atomic E-state index is 0. The van der Waals surface area contributed by atoms with Crippen molar-refractivity contribution >= 4 is 41.5 Å². The molecule has 6 heteroatoms. The van der Waals surface area contributed by atoms with Crippen LogP contribution in [0.3, 0.4) is 0 Å². The fourth-order valence-electron chi connectivity index (χ4n) is 1.51. The summed E-state index contributed by atoms with van der Waals surface area (Å²) < 4.78 is 5.76. The molecule has 1 aromatic rings. The molecule has 0 fully saturated rings. The summed E-state index contributed by atoms with van der Waals surface area (Å²) in [4.78, 5) is 4.46. The minimum atomic E-state index is -0.0182. The predicted molar refractivity (Wildman–Crippen MR) is 101 cm³/mol. The van der Waals surface area contributed by atoms with Gasteiger partial charge in [-0.2, -0.15) is 0 Å². The predicted octanol–water partition coefficient (Wildman–Crippen LogP) is 3.47. The van der Waals surface area contributed by atoms with E-state index in [1.54, 1.807) is 6.08 Å². The zero-order chi connectivity index (χ0) is 14.8. The smallest absolute Gasteiger partial charge is 0.191 e. The highest BCUT2D eigenvalue weighted by atomic mass is 127. The maximum Gasteiger partial charge on any atom is 0.191 e. The molecule has 4 nitrogen and oxygen atoms in total. The highest BCUT2D eigenvalue weighted by molar-refractivity contribution is 14.0. The largest absolute Gasteiger partial charge is 0.489 e. The van der Waals surface area contributed by atoms with Crippen LogP contribution in [0.1, 0.15) is 13.8 Å². The molecule has 21 heavy (non-hydrogen) atoms. The number of hydrogen-bond donors (Lipinski definition) is 2. The summed E-state index contributed by atoms with van der Waals surface area (Å²) in [5.41, 5.74) is 0. The lowest BCUT2D eigenvalue weighted by Crippen LogP contribution is -2.38. The third-order valence-corrected chi connectivity index (χ3v) is 2.67. The van der Waals surface area contributed by atoms with E-state index in [0.29, 0.717) is 18.1 Å². The Labute approximate surface area is 149 Å². The lowest BCUT2D eigenvalue weighted by molar-refractivity contribution is 0.230. The fourth-order valence-corrected chi connectivity index (χ4v) is 1.64. The molecule has 1 rings (SSSR count). The maximum atomic E-state index is 5.83. The summed E-state index contributed by atoms with van der Waals surface area (Å²) >= 11 is 5.83. The number of nitrogens with one attached hydrogen (secondary N) is 2. The van der Waals surface area contributed by atoms with Gasteiger partial charge < -0.3 is 15.4 Å². The molecular formula is C15H23ClIN3O. The average molecular weight is 424 g/mol. The highest BCUT2D eigenvalue weighted by Crippen LogP contribution is 2.16. The summed E-state index contributed by atoms with van der Waals surface area (Å²) in [6.45, 7) is 9.74. The molecule has 0 aromatic heterocycles. The van der Waals surface area contributed by atoms with Gasteiger partial charge in [-0.3, -0.25) is 0 Å². The van der Waals surface area contributed by atoms with Crippen molar-refractivity contribution in [2.45, 2.75) is 20.0 Å². The van der Waals surface area contributed by atoms with Crippen LogP contribution in [-0.4, -0.2) is 31.7 Å². The zero-order valence-electron chi connectivity index (χ0n) is 12.4. The quantitative estimate of drug-likeness (QED) is 0.305. The first-order chi connectivity index (χ1) is 9.65. The van der Waals surface area contributed by atoms with Crippen molar-refractivity contribution in [1.29, 1.82) is 0 Å². The van der Waals surface area contributed by atoms with E-state index in [2.05, 4.69) is 22.2 Å². The molecule has 0 heterocycles. The van der Waals surface area contributed by atoms with E-state index in [4.69, 9.17) is 16.3 Å². The average Bonchev–Trinajstić information content (AvgIpc) is 2.44. The van der Waals surface area contributed by atoms with Gasteiger partial charge in [0.05, 0.1) is 6.54 Å². The van der Waals surface area contributed by atoms with Gasteiger partial charge >= 0.3 is 0 Å². The van der Waals surface area contributed by atoms with Gasteiger partial charge in [0.2, 0.25) is 0 Å². The number of rotatable bonds is 7. The molecule has 0 spiro atoms. The Morgan fingerprint density at radius 3 is 2.62 bits per heavy atom. The van der Waals surface area contributed by atoms with Gasteiger partial charge in [-0.1, -0.05) is 17.7 Å². The molecule has 1 aromatic carbocycles. The number of nitrogens with zero attached hydrogens (tertiary/aromatic N) is 1. The van der Waals surface area contributed by atoms with Crippen molar-refractivity contribution in [3.63, 3.8) is 0 Å². The zero-order valence-corrected chi connectivity index (χ0v) is 15.5. The third-order valence-electron chi connectivity index (χ3n) is 2.42. The second kappa shape index (κ2) is 11.7. The van der Waals surface area contributed by atoms with Gasteiger partial charge in [-0.25, -0.2) is 4.99 Å². The summed E-state index contributed by atoms with van der Waals surface area (Å²) in [6.07, 6.45) is 1.77. The Morgan fingerprint density at radius 1 is 1.38 bits per heavy atom. The van der Waals surface area contributed by atoms with Crippen LogP contribution >= 0.6 is 35.6 Å². The summed E-state index contributed by atoms with van der Waals surface area (Å²) in [7, 11) is 0. The van der Waals surface area contributed by atoms with Crippen molar-refractivity contribution in [1.82, 2.24) is 10.6 Å². The normalized spacial score (nSPS) is 12.0. The SMILES string of the molecule is C=CCNC(=NCC(C)Oc1ccc(Cl)cc1)NCC.I. The van der Waals surface area contributed by atoms with Crippen LogP contribution in [0, 0.1) is 0 Å². The number of guanidine groups is 1. The van der Waals surface area contributed by atoms with E-state index >= 15 is 0 Å². The van der Waals surface area contributed by atoms with Crippen LogP contribution in [0.5, 0.6) is 5.75 Å². The van der Waals surface area contributed by atoms with Crippen LogP contribution in [0.4, 0.5) is 0 Å². The summed E-state index contributed by atoms with van der Waals surface area (Å²) in [5.74, 6) is 1.56. The van der Waals surface area contributed by atoms with E-state index in [1.807, 2.05) is 38.1 Å². The topological polar surface area (TPSA) is 45.7 Å². The first kappa shape index (κ1) is 20.1. The Balaban J connectivity index is 0.00000400. The van der Waals surface area contributed by atoms with Gasteiger partial charge in [0, 0.05) is 18.1 Å². The first-order valence-electron chi connectivity index (χ1n) is 6.71. The van der Waals surface area contributed by atoms with Crippen LogP contribution in [0.25, 0.3) is 0 Å². The molecule has 1 atom stereocenters. The number of halogens is 2. The molecule has 0 aliphatic rings. The lowest BCUT2D eigenvalue weighted by Gasteiger charge is -2.14. The van der Waals surface area contributed by atoms with Crippen molar-refractivity contribution in [2.24, 2.45) is 4.99 Å². The van der Waals surface area contributed by atoms with Gasteiger partial charge in [-0.15, -0.1) is 30.6 Å². The van der Waals surface area contributed by atoms with Crippen molar-refractivity contribution < 1.29 is 4.74 Å². The highest BCUT2D eigenvalue weighted by Gasteiger charge is 2.04. The molecule has 1 unspecified atom stereocenters. The molecule has 0 aliphatic carbocycles. The summed E-state index contributed by atoms with van der Waals surface area (Å²) in [6, 6.07) is 7.32. The second-order valence-electron chi connectivity index (χ2n) is 4.27. The van der Waals surface area contributed by atoms with Gasteiger partial charge in [0.15, 0.2) is 5.96 Å². The molecular weight excluding hydrogens is 401 g/mol. The number of aliphatic imine (C=N–C) groups is 1. The minimum Gasteiger partial charge on any atom is -0.489 e. The molecule has 0 saturated heterocycles. The Kier molecular flexibility index (Phi) is 11.2. The molecule has 0 amide bonds. The van der Waals surface area contributed by atoms with Crippen LogP contribution < -0.4 is 15.4 Å². The van der Waals surface area contributed by atoms with Crippen LogP contribution in [0.15, 0.2) is 41.9 Å². The number of hydrogen-bond acceptors (Lipinski definition) is 2. The number of ether oxygens (including phenoxy) is 1. The van der Waals surface area contributed by atoms with Crippen molar-refractivity contribution in [3.05, 3.63) is 41.9 Å². The maximum absolute atomic E-state index is 5.83. The standard InChI is InChI=1S/C15H22ClN3O.HI/c1-4-10-18-15(17-5-2)19-11-12(3)20-14-8-6-13(16)7-9-14;/h4,6-9,12H,1,5,10-11H2,2-3H3,(H2,17,18,19);1H. The Hall–Kier alpha value is -0.950. The molecule has 2 N–H and O–H groups in total. The Morgan fingerprint density at radius 2 is 2.05 bits per heavy atom. The van der Waals surface area contributed by atoms with E-state index in [-0.39, 0.29) is 30.1 Å². The van der Waals surface area contributed by atoms with E-state index in [9.17, 15) is 0 Å².